The number of anilines is 2. The molecule has 1 aromatic carbocycles. The van der Waals surface area contributed by atoms with Gasteiger partial charge in [-0.05, 0) is 30.3 Å². The quantitative estimate of drug-likeness (QED) is 0.572. The van der Waals surface area contributed by atoms with E-state index in [2.05, 4.69) is 20.6 Å². The Morgan fingerprint density at radius 1 is 1.22 bits per heavy atom. The van der Waals surface area contributed by atoms with Crippen molar-refractivity contribution in [2.45, 2.75) is 0 Å². The second kappa shape index (κ2) is 6.57. The van der Waals surface area contributed by atoms with Crippen LogP contribution < -0.4 is 10.6 Å². The van der Waals surface area contributed by atoms with Crippen LogP contribution in [0, 0.1) is 0 Å². The van der Waals surface area contributed by atoms with E-state index in [1.807, 2.05) is 35.2 Å². The number of carbonyl (C=O) groups is 1. The minimum absolute atomic E-state index is 0.0681. The standard InChI is InChI=1S/C19H16N6OS/c26-18(25-8-7-21-11-25)16-9-14-15(27-16)2-1-12-10-22-19(24-17(12)14)23-13-3-5-20-6-4-13/h1-6,9-10,21H,7-8,11H2,(H,20,22,23,24). The molecule has 0 unspecified atom stereocenters. The van der Waals surface area contributed by atoms with Crippen molar-refractivity contribution in [2.75, 3.05) is 25.1 Å². The highest BCUT2D eigenvalue weighted by atomic mass is 32.1. The molecule has 1 aliphatic heterocycles. The molecule has 3 aromatic heterocycles. The lowest BCUT2D eigenvalue weighted by molar-refractivity contribution is 0.0796. The van der Waals surface area contributed by atoms with E-state index in [0.29, 0.717) is 12.6 Å². The summed E-state index contributed by atoms with van der Waals surface area (Å²) in [4.78, 5) is 28.4. The number of pyridine rings is 1. The van der Waals surface area contributed by atoms with Gasteiger partial charge in [0.15, 0.2) is 0 Å². The zero-order chi connectivity index (χ0) is 18.2. The number of amides is 1. The lowest BCUT2D eigenvalue weighted by Gasteiger charge is -2.12. The Morgan fingerprint density at radius 3 is 2.93 bits per heavy atom. The molecule has 0 aliphatic carbocycles. The van der Waals surface area contributed by atoms with Crippen LogP contribution >= 0.6 is 11.3 Å². The van der Waals surface area contributed by atoms with Crippen molar-refractivity contribution >= 4 is 49.9 Å². The van der Waals surface area contributed by atoms with E-state index in [9.17, 15) is 4.79 Å². The van der Waals surface area contributed by atoms with Gasteiger partial charge in [0.05, 0.1) is 17.1 Å². The summed E-state index contributed by atoms with van der Waals surface area (Å²) in [6.07, 6.45) is 5.23. The van der Waals surface area contributed by atoms with Crippen molar-refractivity contribution in [2.24, 2.45) is 0 Å². The second-order valence-electron chi connectivity index (χ2n) is 6.31. The summed E-state index contributed by atoms with van der Waals surface area (Å²) >= 11 is 1.51. The summed E-state index contributed by atoms with van der Waals surface area (Å²) in [5, 5.41) is 8.31. The number of nitrogens with one attached hydrogen (secondary N) is 2. The number of fused-ring (bicyclic) bond motifs is 3. The van der Waals surface area contributed by atoms with Crippen molar-refractivity contribution in [3.8, 4) is 0 Å². The predicted octanol–water partition coefficient (Wildman–Crippen LogP) is 2.99. The smallest absolute Gasteiger partial charge is 0.265 e. The van der Waals surface area contributed by atoms with Gasteiger partial charge in [-0.15, -0.1) is 11.3 Å². The van der Waals surface area contributed by atoms with Crippen molar-refractivity contribution < 1.29 is 4.79 Å². The van der Waals surface area contributed by atoms with Crippen molar-refractivity contribution in [3.05, 3.63) is 53.8 Å². The molecule has 1 aliphatic rings. The number of rotatable bonds is 3. The summed E-state index contributed by atoms with van der Waals surface area (Å²) in [5.41, 5.74) is 1.72. The normalized spacial score (nSPS) is 14.1. The van der Waals surface area contributed by atoms with Crippen molar-refractivity contribution in [1.82, 2.24) is 25.2 Å². The van der Waals surface area contributed by atoms with Crippen molar-refractivity contribution in [3.63, 3.8) is 0 Å². The molecule has 1 saturated heterocycles. The van der Waals surface area contributed by atoms with E-state index >= 15 is 0 Å². The van der Waals surface area contributed by atoms with E-state index in [1.165, 1.54) is 11.3 Å². The third-order valence-corrected chi connectivity index (χ3v) is 5.63. The van der Waals surface area contributed by atoms with Crippen LogP contribution in [0.1, 0.15) is 9.67 Å². The number of thiophene rings is 1. The Hall–Kier alpha value is -3.10. The molecule has 0 radical (unpaired) electrons. The molecule has 0 spiro atoms. The fraction of sp³-hybridized carbons (Fsp3) is 0.158. The van der Waals surface area contributed by atoms with Crippen molar-refractivity contribution in [1.29, 1.82) is 0 Å². The highest BCUT2D eigenvalue weighted by molar-refractivity contribution is 7.21. The Labute approximate surface area is 159 Å². The number of hydrogen-bond acceptors (Lipinski definition) is 7. The monoisotopic (exact) mass is 376 g/mol. The molecule has 27 heavy (non-hydrogen) atoms. The fourth-order valence-corrected chi connectivity index (χ4v) is 4.21. The SMILES string of the molecule is O=C(c1cc2c(ccc3cnc(Nc4ccncc4)nc32)s1)N1CCNC1. The van der Waals surface area contributed by atoms with Crippen LogP contribution in [-0.4, -0.2) is 45.5 Å². The largest absolute Gasteiger partial charge is 0.324 e. The van der Waals surface area contributed by atoms with E-state index in [1.54, 1.807) is 18.6 Å². The average Bonchev–Trinajstić information content (AvgIpc) is 3.38. The first-order valence-corrected chi connectivity index (χ1v) is 9.46. The van der Waals surface area contributed by atoms with Gasteiger partial charge in [0.2, 0.25) is 5.95 Å². The zero-order valence-corrected chi connectivity index (χ0v) is 15.2. The van der Waals surface area contributed by atoms with Crippen LogP contribution in [0.3, 0.4) is 0 Å². The highest BCUT2D eigenvalue weighted by Crippen LogP contribution is 2.32. The minimum atomic E-state index is 0.0681. The molecule has 2 N–H and O–H groups in total. The van der Waals surface area contributed by atoms with Gasteiger partial charge in [0, 0.05) is 52.8 Å². The molecule has 8 heteroatoms. The molecule has 5 rings (SSSR count). The maximum atomic E-state index is 12.7. The van der Waals surface area contributed by atoms with E-state index in [0.717, 1.165) is 44.6 Å². The summed E-state index contributed by atoms with van der Waals surface area (Å²) in [6.45, 7) is 2.20. The Balaban J connectivity index is 1.56. The minimum Gasteiger partial charge on any atom is -0.324 e. The van der Waals surface area contributed by atoms with Gasteiger partial charge in [0.25, 0.3) is 5.91 Å². The first kappa shape index (κ1) is 16.1. The number of aromatic nitrogens is 3. The average molecular weight is 376 g/mol. The summed E-state index contributed by atoms with van der Waals surface area (Å²) < 4.78 is 1.05. The molecule has 7 nitrogen and oxygen atoms in total. The van der Waals surface area contributed by atoms with Crippen LogP contribution in [0.15, 0.2) is 48.9 Å². The van der Waals surface area contributed by atoms with Gasteiger partial charge < -0.3 is 10.2 Å². The van der Waals surface area contributed by atoms with Crippen LogP contribution in [-0.2, 0) is 0 Å². The highest BCUT2D eigenvalue weighted by Gasteiger charge is 2.21. The molecule has 4 aromatic rings. The maximum absolute atomic E-state index is 12.7. The van der Waals surface area contributed by atoms with Crippen LogP contribution in [0.4, 0.5) is 11.6 Å². The van der Waals surface area contributed by atoms with Crippen LogP contribution in [0.5, 0.6) is 0 Å². The lowest BCUT2D eigenvalue weighted by atomic mass is 10.2. The molecule has 1 amide bonds. The first-order chi connectivity index (χ1) is 13.3. The molecule has 0 saturated carbocycles. The Bertz CT molecular complexity index is 1140. The third-order valence-electron chi connectivity index (χ3n) is 4.54. The van der Waals surface area contributed by atoms with E-state index in [4.69, 9.17) is 4.98 Å². The van der Waals surface area contributed by atoms with E-state index in [-0.39, 0.29) is 5.91 Å². The van der Waals surface area contributed by atoms with Gasteiger partial charge in [-0.2, -0.15) is 0 Å². The predicted molar refractivity (Wildman–Crippen MR) is 106 cm³/mol. The maximum Gasteiger partial charge on any atom is 0.265 e. The topological polar surface area (TPSA) is 83.0 Å². The van der Waals surface area contributed by atoms with Crippen LogP contribution in [0.25, 0.3) is 21.0 Å². The molecule has 4 heterocycles. The number of carbonyl (C=O) groups excluding carboxylic acids is 1. The number of benzene rings is 1. The van der Waals surface area contributed by atoms with Gasteiger partial charge in [-0.1, -0.05) is 0 Å². The number of hydrogen-bond donors (Lipinski definition) is 2. The van der Waals surface area contributed by atoms with Gasteiger partial charge in [0.1, 0.15) is 0 Å². The first-order valence-electron chi connectivity index (χ1n) is 8.64. The van der Waals surface area contributed by atoms with E-state index < -0.39 is 0 Å². The zero-order valence-electron chi connectivity index (χ0n) is 14.3. The fourth-order valence-electron chi connectivity index (χ4n) is 3.17. The third kappa shape index (κ3) is 2.98. The Kier molecular flexibility index (Phi) is 3.92. The summed E-state index contributed by atoms with van der Waals surface area (Å²) in [5.74, 6) is 0.586. The molecule has 1 fully saturated rings. The number of nitrogens with zero attached hydrogens (tertiary/aromatic N) is 4. The molecule has 0 bridgehead atoms. The molecular weight excluding hydrogens is 360 g/mol. The second-order valence-corrected chi connectivity index (χ2v) is 7.39. The summed E-state index contributed by atoms with van der Waals surface area (Å²) in [6, 6.07) is 9.70. The van der Waals surface area contributed by atoms with Gasteiger partial charge in [-0.3, -0.25) is 15.1 Å². The molecule has 0 atom stereocenters. The summed E-state index contributed by atoms with van der Waals surface area (Å²) in [7, 11) is 0. The lowest BCUT2D eigenvalue weighted by Crippen LogP contribution is -2.28. The Morgan fingerprint density at radius 2 is 2.11 bits per heavy atom. The van der Waals surface area contributed by atoms with Gasteiger partial charge >= 0.3 is 0 Å². The molecular formula is C19H16N6OS. The van der Waals surface area contributed by atoms with Gasteiger partial charge in [-0.25, -0.2) is 9.97 Å². The molecule has 134 valence electrons. The van der Waals surface area contributed by atoms with Crippen LogP contribution in [0.2, 0.25) is 0 Å².